The number of nitrogens with zero attached hydrogens (tertiary/aromatic N) is 1. The number of carbonyl (C=O) groups is 1. The molecule has 3 heteroatoms. The Balaban J connectivity index is 2.52. The Morgan fingerprint density at radius 1 is 1.50 bits per heavy atom. The van der Waals surface area contributed by atoms with Gasteiger partial charge in [-0.1, -0.05) is 13.8 Å². The van der Waals surface area contributed by atoms with E-state index >= 15 is 0 Å². The average Bonchev–Trinajstić information content (AvgIpc) is 2.59. The molecule has 0 aromatic heterocycles. The van der Waals surface area contributed by atoms with Crippen LogP contribution in [0.4, 0.5) is 0 Å². The maximum atomic E-state index is 12.0. The minimum absolute atomic E-state index is 0.0708. The maximum Gasteiger partial charge on any atom is 0.239 e. The fourth-order valence-electron chi connectivity index (χ4n) is 2.06. The van der Waals surface area contributed by atoms with Crippen molar-refractivity contribution in [1.82, 2.24) is 10.2 Å². The van der Waals surface area contributed by atoms with Gasteiger partial charge < -0.3 is 10.2 Å². The van der Waals surface area contributed by atoms with E-state index in [4.69, 9.17) is 0 Å². The van der Waals surface area contributed by atoms with E-state index in [2.05, 4.69) is 19.2 Å². The zero-order valence-corrected chi connectivity index (χ0v) is 9.55. The van der Waals surface area contributed by atoms with Crippen LogP contribution in [-0.2, 0) is 4.79 Å². The number of amides is 1. The number of rotatable bonds is 4. The molecule has 2 unspecified atom stereocenters. The first kappa shape index (κ1) is 11.5. The van der Waals surface area contributed by atoms with Crippen LogP contribution in [0.5, 0.6) is 0 Å². The first-order chi connectivity index (χ1) is 6.70. The quantitative estimate of drug-likeness (QED) is 0.737. The molecule has 1 fully saturated rings. The smallest absolute Gasteiger partial charge is 0.239 e. The topological polar surface area (TPSA) is 32.3 Å². The molecule has 0 saturated carbocycles. The molecule has 1 saturated heterocycles. The molecule has 1 rings (SSSR count). The molecular formula is C11H22N2O. The van der Waals surface area contributed by atoms with Gasteiger partial charge in [-0.2, -0.15) is 0 Å². The summed E-state index contributed by atoms with van der Waals surface area (Å²) >= 11 is 0. The molecule has 1 aliphatic heterocycles. The average molecular weight is 198 g/mol. The molecule has 1 heterocycles. The minimum Gasteiger partial charge on any atom is -0.342 e. The molecule has 0 aromatic rings. The van der Waals surface area contributed by atoms with Gasteiger partial charge in [0, 0.05) is 13.1 Å². The van der Waals surface area contributed by atoms with Gasteiger partial charge in [0.15, 0.2) is 0 Å². The normalized spacial score (nSPS) is 26.5. The van der Waals surface area contributed by atoms with Crippen LogP contribution in [-0.4, -0.2) is 36.5 Å². The summed E-state index contributed by atoms with van der Waals surface area (Å²) in [5, 5.41) is 3.29. The lowest BCUT2D eigenvalue weighted by Gasteiger charge is -2.25. The van der Waals surface area contributed by atoms with E-state index in [0.717, 1.165) is 32.5 Å². The van der Waals surface area contributed by atoms with Crippen molar-refractivity contribution in [1.29, 1.82) is 0 Å². The van der Waals surface area contributed by atoms with Gasteiger partial charge in [-0.3, -0.25) is 4.79 Å². The van der Waals surface area contributed by atoms with Crippen molar-refractivity contribution in [2.45, 2.75) is 39.7 Å². The number of likely N-dealkylation sites (N-methyl/N-ethyl adjacent to an activating group) is 1. The molecular weight excluding hydrogens is 176 g/mol. The lowest BCUT2D eigenvalue weighted by molar-refractivity contribution is -0.133. The third-order valence-electron chi connectivity index (χ3n) is 2.99. The molecule has 0 aliphatic carbocycles. The predicted molar refractivity (Wildman–Crippen MR) is 58.1 cm³/mol. The SMILES string of the molecule is CCCN(CC)C(=O)C1NCCC1C. The largest absolute Gasteiger partial charge is 0.342 e. The Kier molecular flexibility index (Phi) is 4.39. The summed E-state index contributed by atoms with van der Waals surface area (Å²) in [5.74, 6) is 0.785. The Bertz CT molecular complexity index is 194. The second kappa shape index (κ2) is 5.35. The number of nitrogens with one attached hydrogen (secondary N) is 1. The Morgan fingerprint density at radius 2 is 2.21 bits per heavy atom. The lowest BCUT2D eigenvalue weighted by atomic mass is 10.0. The van der Waals surface area contributed by atoms with Crippen molar-refractivity contribution in [2.75, 3.05) is 19.6 Å². The van der Waals surface area contributed by atoms with Crippen LogP contribution in [0.15, 0.2) is 0 Å². The van der Waals surface area contributed by atoms with Crippen LogP contribution in [0, 0.1) is 5.92 Å². The Labute approximate surface area is 86.9 Å². The molecule has 0 aromatic carbocycles. The van der Waals surface area contributed by atoms with Crippen LogP contribution >= 0.6 is 0 Å². The fraction of sp³-hybridized carbons (Fsp3) is 0.909. The summed E-state index contributed by atoms with van der Waals surface area (Å²) in [7, 11) is 0. The molecule has 3 nitrogen and oxygen atoms in total. The highest BCUT2D eigenvalue weighted by Crippen LogP contribution is 2.16. The molecule has 1 N–H and O–H groups in total. The van der Waals surface area contributed by atoms with Gasteiger partial charge >= 0.3 is 0 Å². The Morgan fingerprint density at radius 3 is 2.64 bits per heavy atom. The molecule has 1 aliphatic rings. The number of hydrogen-bond acceptors (Lipinski definition) is 2. The van der Waals surface area contributed by atoms with Gasteiger partial charge in [0.1, 0.15) is 0 Å². The first-order valence-electron chi connectivity index (χ1n) is 5.72. The van der Waals surface area contributed by atoms with Gasteiger partial charge in [-0.25, -0.2) is 0 Å². The highest BCUT2D eigenvalue weighted by Gasteiger charge is 2.31. The summed E-state index contributed by atoms with van der Waals surface area (Å²) in [6, 6.07) is 0.0708. The van der Waals surface area contributed by atoms with Crippen molar-refractivity contribution in [3.8, 4) is 0 Å². The highest BCUT2D eigenvalue weighted by atomic mass is 16.2. The van der Waals surface area contributed by atoms with Crippen molar-refractivity contribution >= 4 is 5.91 Å². The van der Waals surface area contributed by atoms with Gasteiger partial charge in [-0.15, -0.1) is 0 Å². The predicted octanol–water partition coefficient (Wildman–Crippen LogP) is 1.24. The zero-order valence-electron chi connectivity index (χ0n) is 9.55. The van der Waals surface area contributed by atoms with Crippen LogP contribution < -0.4 is 5.32 Å². The van der Waals surface area contributed by atoms with Crippen LogP contribution in [0.3, 0.4) is 0 Å². The van der Waals surface area contributed by atoms with E-state index in [-0.39, 0.29) is 6.04 Å². The van der Waals surface area contributed by atoms with Crippen LogP contribution in [0.1, 0.15) is 33.6 Å². The lowest BCUT2D eigenvalue weighted by Crippen LogP contribution is -2.46. The van der Waals surface area contributed by atoms with Crippen molar-refractivity contribution in [2.24, 2.45) is 5.92 Å². The second-order valence-corrected chi connectivity index (χ2v) is 4.12. The van der Waals surface area contributed by atoms with Crippen molar-refractivity contribution in [3.05, 3.63) is 0 Å². The van der Waals surface area contributed by atoms with E-state index in [0.29, 0.717) is 11.8 Å². The highest BCUT2D eigenvalue weighted by molar-refractivity contribution is 5.82. The van der Waals surface area contributed by atoms with E-state index < -0.39 is 0 Å². The first-order valence-corrected chi connectivity index (χ1v) is 5.72. The molecule has 1 amide bonds. The number of carbonyl (C=O) groups excluding carboxylic acids is 1. The minimum atomic E-state index is 0.0708. The summed E-state index contributed by atoms with van der Waals surface area (Å²) in [4.78, 5) is 14.0. The standard InChI is InChI=1S/C11H22N2O/c1-4-8-13(5-2)11(14)10-9(3)6-7-12-10/h9-10,12H,4-8H2,1-3H3. The van der Waals surface area contributed by atoms with Crippen LogP contribution in [0.2, 0.25) is 0 Å². The molecule has 0 radical (unpaired) electrons. The second-order valence-electron chi connectivity index (χ2n) is 4.12. The zero-order chi connectivity index (χ0) is 10.6. The molecule has 82 valence electrons. The number of hydrogen-bond donors (Lipinski definition) is 1. The van der Waals surface area contributed by atoms with Gasteiger partial charge in [0.25, 0.3) is 0 Å². The van der Waals surface area contributed by atoms with E-state index in [9.17, 15) is 4.79 Å². The molecule has 2 atom stereocenters. The van der Waals surface area contributed by atoms with Crippen molar-refractivity contribution < 1.29 is 4.79 Å². The summed E-state index contributed by atoms with van der Waals surface area (Å²) in [5.41, 5.74) is 0. The summed E-state index contributed by atoms with van der Waals surface area (Å²) in [6.45, 7) is 9.02. The van der Waals surface area contributed by atoms with E-state index in [1.165, 1.54) is 0 Å². The van der Waals surface area contributed by atoms with Crippen LogP contribution in [0.25, 0.3) is 0 Å². The summed E-state index contributed by atoms with van der Waals surface area (Å²) in [6.07, 6.45) is 2.17. The van der Waals surface area contributed by atoms with Crippen molar-refractivity contribution in [3.63, 3.8) is 0 Å². The Hall–Kier alpha value is -0.570. The van der Waals surface area contributed by atoms with Gasteiger partial charge in [0.05, 0.1) is 6.04 Å². The third kappa shape index (κ3) is 2.47. The van der Waals surface area contributed by atoms with E-state index in [1.807, 2.05) is 11.8 Å². The monoisotopic (exact) mass is 198 g/mol. The third-order valence-corrected chi connectivity index (χ3v) is 2.99. The molecule has 0 spiro atoms. The fourth-order valence-corrected chi connectivity index (χ4v) is 2.06. The van der Waals surface area contributed by atoms with Gasteiger partial charge in [0.2, 0.25) is 5.91 Å². The molecule has 0 bridgehead atoms. The maximum absolute atomic E-state index is 12.0. The van der Waals surface area contributed by atoms with E-state index in [1.54, 1.807) is 0 Å². The molecule has 14 heavy (non-hydrogen) atoms. The van der Waals surface area contributed by atoms with Gasteiger partial charge in [-0.05, 0) is 32.2 Å². The summed E-state index contributed by atoms with van der Waals surface area (Å²) < 4.78 is 0.